The fourth-order valence-corrected chi connectivity index (χ4v) is 5.96. The Morgan fingerprint density at radius 2 is 2.17 bits per heavy atom. The number of fused-ring (bicyclic) bond motifs is 1. The van der Waals surface area contributed by atoms with Crippen LogP contribution in [-0.2, 0) is 6.54 Å². The molecule has 3 rings (SSSR count). The number of nitrogens with zero attached hydrogens (tertiary/aromatic N) is 2. The van der Waals surface area contributed by atoms with Gasteiger partial charge in [0.05, 0.1) is 6.61 Å². The first-order valence-electron chi connectivity index (χ1n) is 9.14. The maximum absolute atomic E-state index is 10.3. The Bertz CT molecular complexity index is 559. The summed E-state index contributed by atoms with van der Waals surface area (Å²) in [5, 5.41) is 16.5. The fourth-order valence-electron chi connectivity index (χ4n) is 4.93. The largest absolute Gasteiger partial charge is 0.394 e. The normalized spacial score (nSPS) is 33.8. The molecule has 0 saturated carbocycles. The van der Waals surface area contributed by atoms with Gasteiger partial charge in [-0.2, -0.15) is 0 Å². The van der Waals surface area contributed by atoms with Crippen molar-refractivity contribution < 1.29 is 5.11 Å². The standard InChI is InChI=1S/C19H33N3OS/c1-13(2)7-19(12-23)16-10-22(5)9-15(16)18(20-19)17-6-14(11-24-17)8-21(3)4/h6,11,13,15-16,18,20,23H,7-10,12H2,1-5H3/t15-,16+,18+,19+/m1/s1. The molecule has 1 aromatic rings. The van der Waals surface area contributed by atoms with Crippen LogP contribution in [0.4, 0.5) is 0 Å². The molecule has 0 radical (unpaired) electrons. The van der Waals surface area contributed by atoms with Gasteiger partial charge in [0.1, 0.15) is 0 Å². The molecule has 2 fully saturated rings. The maximum Gasteiger partial charge on any atom is 0.0616 e. The van der Waals surface area contributed by atoms with Crippen molar-refractivity contribution in [1.82, 2.24) is 15.1 Å². The first kappa shape index (κ1) is 18.3. The predicted octanol–water partition coefficient (Wildman–Crippen LogP) is 2.41. The van der Waals surface area contributed by atoms with Crippen molar-refractivity contribution in [1.29, 1.82) is 0 Å². The topological polar surface area (TPSA) is 38.7 Å². The molecule has 1 aromatic heterocycles. The molecular formula is C19H33N3OS. The highest BCUT2D eigenvalue weighted by molar-refractivity contribution is 7.10. The Hall–Kier alpha value is -0.460. The Kier molecular flexibility index (Phi) is 5.38. The van der Waals surface area contributed by atoms with Crippen LogP contribution < -0.4 is 5.32 Å². The van der Waals surface area contributed by atoms with Gasteiger partial charge in [-0.1, -0.05) is 13.8 Å². The van der Waals surface area contributed by atoms with Gasteiger partial charge in [-0.05, 0) is 62.3 Å². The summed E-state index contributed by atoms with van der Waals surface area (Å²) in [6.07, 6.45) is 1.05. The summed E-state index contributed by atoms with van der Waals surface area (Å²) in [5.41, 5.74) is 1.27. The van der Waals surface area contributed by atoms with Crippen molar-refractivity contribution in [3.05, 3.63) is 21.9 Å². The number of nitrogens with one attached hydrogen (secondary N) is 1. The highest BCUT2D eigenvalue weighted by Gasteiger charge is 2.56. The second kappa shape index (κ2) is 7.04. The molecular weight excluding hydrogens is 318 g/mol. The predicted molar refractivity (Wildman–Crippen MR) is 101 cm³/mol. The van der Waals surface area contributed by atoms with Gasteiger partial charge in [-0.25, -0.2) is 0 Å². The second-order valence-corrected chi connectivity index (χ2v) is 9.56. The molecule has 2 saturated heterocycles. The number of likely N-dealkylation sites (tertiary alicyclic amines) is 1. The second-order valence-electron chi connectivity index (χ2n) is 8.62. The van der Waals surface area contributed by atoms with E-state index in [1.807, 2.05) is 11.3 Å². The molecule has 0 aromatic carbocycles. The van der Waals surface area contributed by atoms with Crippen LogP contribution in [0.2, 0.25) is 0 Å². The fraction of sp³-hybridized carbons (Fsp3) is 0.789. The van der Waals surface area contributed by atoms with E-state index in [9.17, 15) is 5.11 Å². The van der Waals surface area contributed by atoms with Crippen LogP contribution in [0, 0.1) is 17.8 Å². The van der Waals surface area contributed by atoms with Crippen molar-refractivity contribution in [3.63, 3.8) is 0 Å². The quantitative estimate of drug-likeness (QED) is 0.826. The van der Waals surface area contributed by atoms with Crippen molar-refractivity contribution in [2.45, 2.75) is 38.4 Å². The van der Waals surface area contributed by atoms with Crippen LogP contribution in [0.15, 0.2) is 11.4 Å². The average molecular weight is 352 g/mol. The Morgan fingerprint density at radius 3 is 2.79 bits per heavy atom. The first-order valence-corrected chi connectivity index (χ1v) is 10.0. The Labute approximate surface area is 150 Å². The molecule has 0 unspecified atom stereocenters. The van der Waals surface area contributed by atoms with E-state index in [1.165, 1.54) is 10.4 Å². The van der Waals surface area contributed by atoms with Crippen molar-refractivity contribution >= 4 is 11.3 Å². The van der Waals surface area contributed by atoms with Gasteiger partial charge in [-0.3, -0.25) is 0 Å². The minimum Gasteiger partial charge on any atom is -0.394 e. The number of rotatable bonds is 6. The van der Waals surface area contributed by atoms with Crippen molar-refractivity contribution in [2.24, 2.45) is 17.8 Å². The smallest absolute Gasteiger partial charge is 0.0616 e. The van der Waals surface area contributed by atoms with E-state index in [0.717, 1.165) is 26.1 Å². The van der Waals surface area contributed by atoms with Crippen molar-refractivity contribution in [2.75, 3.05) is 40.8 Å². The van der Waals surface area contributed by atoms with Crippen LogP contribution in [-0.4, -0.2) is 61.3 Å². The van der Waals surface area contributed by atoms with E-state index in [-0.39, 0.29) is 12.1 Å². The van der Waals surface area contributed by atoms with E-state index in [4.69, 9.17) is 0 Å². The summed E-state index contributed by atoms with van der Waals surface area (Å²) < 4.78 is 0. The van der Waals surface area contributed by atoms with Crippen LogP contribution >= 0.6 is 11.3 Å². The van der Waals surface area contributed by atoms with Crippen molar-refractivity contribution in [3.8, 4) is 0 Å². The minimum absolute atomic E-state index is 0.125. The molecule has 2 aliphatic rings. The molecule has 4 atom stereocenters. The number of thiophene rings is 1. The van der Waals surface area contributed by atoms with Crippen LogP contribution in [0.5, 0.6) is 0 Å². The third kappa shape index (κ3) is 3.42. The zero-order valence-electron chi connectivity index (χ0n) is 15.7. The third-order valence-corrected chi connectivity index (χ3v) is 6.73. The molecule has 0 bridgehead atoms. The average Bonchev–Trinajstić information content (AvgIpc) is 3.14. The monoisotopic (exact) mass is 351 g/mol. The van der Waals surface area contributed by atoms with Gasteiger partial charge >= 0.3 is 0 Å². The van der Waals surface area contributed by atoms with Gasteiger partial charge < -0.3 is 20.2 Å². The summed E-state index contributed by atoms with van der Waals surface area (Å²) in [7, 11) is 6.46. The van der Waals surface area contributed by atoms with Crippen LogP contribution in [0.25, 0.3) is 0 Å². The van der Waals surface area contributed by atoms with Gasteiger partial charge in [-0.15, -0.1) is 11.3 Å². The van der Waals surface area contributed by atoms with Crippen LogP contribution in [0.3, 0.4) is 0 Å². The molecule has 0 aliphatic carbocycles. The van der Waals surface area contributed by atoms with E-state index in [1.54, 1.807) is 0 Å². The SMILES string of the molecule is CC(C)C[C@@]1(CO)N[C@H](c2cc(CN(C)C)cs2)[C@@H]2CN(C)C[C@@H]21. The molecule has 136 valence electrons. The highest BCUT2D eigenvalue weighted by Crippen LogP contribution is 2.49. The van der Waals surface area contributed by atoms with Gasteiger partial charge in [0.2, 0.25) is 0 Å². The van der Waals surface area contributed by atoms with E-state index in [0.29, 0.717) is 23.8 Å². The first-order chi connectivity index (χ1) is 11.3. The number of hydrogen-bond acceptors (Lipinski definition) is 5. The zero-order valence-corrected chi connectivity index (χ0v) is 16.6. The van der Waals surface area contributed by atoms with Crippen LogP contribution in [0.1, 0.15) is 36.8 Å². The molecule has 24 heavy (non-hydrogen) atoms. The summed E-state index contributed by atoms with van der Waals surface area (Å²) in [5.74, 6) is 1.73. The molecule has 2 N–H and O–H groups in total. The molecule has 0 spiro atoms. The Balaban J connectivity index is 1.87. The summed E-state index contributed by atoms with van der Waals surface area (Å²) in [4.78, 5) is 6.11. The summed E-state index contributed by atoms with van der Waals surface area (Å²) in [6, 6.07) is 2.76. The highest BCUT2D eigenvalue weighted by atomic mass is 32.1. The lowest BCUT2D eigenvalue weighted by Crippen LogP contribution is -2.51. The van der Waals surface area contributed by atoms with Gasteiger partial charge in [0.25, 0.3) is 0 Å². The van der Waals surface area contributed by atoms with E-state index in [2.05, 4.69) is 61.6 Å². The van der Waals surface area contributed by atoms with E-state index < -0.39 is 0 Å². The number of aliphatic hydroxyl groups is 1. The zero-order chi connectivity index (χ0) is 17.5. The third-order valence-electron chi connectivity index (χ3n) is 5.66. The lowest BCUT2D eigenvalue weighted by atomic mass is 9.76. The summed E-state index contributed by atoms with van der Waals surface area (Å²) >= 11 is 1.88. The molecule has 4 nitrogen and oxygen atoms in total. The number of hydrogen-bond donors (Lipinski definition) is 2. The molecule has 2 aliphatic heterocycles. The lowest BCUT2D eigenvalue weighted by molar-refractivity contribution is 0.109. The molecule has 5 heteroatoms. The lowest BCUT2D eigenvalue weighted by Gasteiger charge is -2.35. The molecule has 3 heterocycles. The maximum atomic E-state index is 10.3. The van der Waals surface area contributed by atoms with E-state index >= 15 is 0 Å². The summed E-state index contributed by atoms with van der Waals surface area (Å²) in [6.45, 7) is 7.99. The van der Waals surface area contributed by atoms with Gasteiger partial charge in [0, 0.05) is 36.1 Å². The molecule has 0 amide bonds. The van der Waals surface area contributed by atoms with Gasteiger partial charge in [0.15, 0.2) is 0 Å². The minimum atomic E-state index is -0.125. The Morgan fingerprint density at radius 1 is 1.42 bits per heavy atom. The number of aliphatic hydroxyl groups excluding tert-OH is 1.